The third kappa shape index (κ3) is 8.17. The maximum atomic E-state index is 11.6. The van der Waals surface area contributed by atoms with Gasteiger partial charge in [-0.3, -0.25) is 0 Å². The molecular weight excluding hydrogens is 258 g/mol. The Morgan fingerprint density at radius 1 is 1.33 bits per heavy atom. The molecule has 0 aromatic rings. The average Bonchev–Trinajstić information content (AvgIpc) is 2.21. The van der Waals surface area contributed by atoms with Gasteiger partial charge in [-0.2, -0.15) is 0 Å². The molecule has 0 radical (unpaired) electrons. The number of amides is 1. The minimum Gasteiger partial charge on any atom is -0.464 e. The Labute approximate surface area is 113 Å². The summed E-state index contributed by atoms with van der Waals surface area (Å²) < 4.78 is 9.97. The second kappa shape index (κ2) is 8.19. The van der Waals surface area contributed by atoms with Gasteiger partial charge in [0.05, 0.1) is 6.61 Å². The van der Waals surface area contributed by atoms with E-state index in [4.69, 9.17) is 21.1 Å². The largest absolute Gasteiger partial charge is 0.464 e. The van der Waals surface area contributed by atoms with Crippen LogP contribution in [0.25, 0.3) is 0 Å². The highest BCUT2D eigenvalue weighted by Gasteiger charge is 2.24. The first-order chi connectivity index (χ1) is 8.30. The molecule has 0 aliphatic rings. The molecule has 0 fully saturated rings. The maximum absolute atomic E-state index is 11.6. The van der Waals surface area contributed by atoms with E-state index in [1.807, 2.05) is 0 Å². The van der Waals surface area contributed by atoms with Crippen LogP contribution >= 0.6 is 11.6 Å². The van der Waals surface area contributed by atoms with E-state index in [-0.39, 0.29) is 6.61 Å². The van der Waals surface area contributed by atoms with Crippen molar-refractivity contribution in [2.24, 2.45) is 0 Å². The summed E-state index contributed by atoms with van der Waals surface area (Å²) >= 11 is 5.57. The number of esters is 1. The van der Waals surface area contributed by atoms with Gasteiger partial charge in [0.15, 0.2) is 0 Å². The van der Waals surface area contributed by atoms with Crippen LogP contribution in [0.15, 0.2) is 0 Å². The van der Waals surface area contributed by atoms with E-state index in [0.717, 1.165) is 0 Å². The van der Waals surface area contributed by atoms with E-state index in [0.29, 0.717) is 18.7 Å². The van der Waals surface area contributed by atoms with Gasteiger partial charge in [0, 0.05) is 5.88 Å². The summed E-state index contributed by atoms with van der Waals surface area (Å²) in [6, 6.07) is -0.710. The molecule has 0 heterocycles. The molecule has 0 saturated heterocycles. The van der Waals surface area contributed by atoms with Gasteiger partial charge in [-0.25, -0.2) is 9.59 Å². The van der Waals surface area contributed by atoms with Crippen molar-refractivity contribution in [1.29, 1.82) is 0 Å². The van der Waals surface area contributed by atoms with Crippen LogP contribution in [0.3, 0.4) is 0 Å². The molecule has 18 heavy (non-hydrogen) atoms. The standard InChI is InChI=1S/C12H22ClNO4/c1-5-17-10(15)9(7-6-8-13)14-11(16)18-12(2,3)4/h9H,5-8H2,1-4H3,(H,14,16)/t9-/m0/s1. The van der Waals surface area contributed by atoms with Crippen LogP contribution in [0, 0.1) is 0 Å². The van der Waals surface area contributed by atoms with Crippen LogP contribution in [0.2, 0.25) is 0 Å². The van der Waals surface area contributed by atoms with Crippen molar-refractivity contribution in [3.63, 3.8) is 0 Å². The van der Waals surface area contributed by atoms with Crippen molar-refractivity contribution in [1.82, 2.24) is 5.32 Å². The molecule has 1 atom stereocenters. The molecule has 0 aromatic carbocycles. The van der Waals surface area contributed by atoms with E-state index in [2.05, 4.69) is 5.32 Å². The Kier molecular flexibility index (Phi) is 7.75. The minimum absolute atomic E-state index is 0.270. The summed E-state index contributed by atoms with van der Waals surface area (Å²) in [6.07, 6.45) is 0.415. The van der Waals surface area contributed by atoms with Gasteiger partial charge in [-0.15, -0.1) is 11.6 Å². The number of alkyl halides is 1. The van der Waals surface area contributed by atoms with Crippen LogP contribution in [0.5, 0.6) is 0 Å². The lowest BCUT2D eigenvalue weighted by molar-refractivity contribution is -0.145. The number of nitrogens with one attached hydrogen (secondary N) is 1. The summed E-state index contributed by atoms with van der Waals surface area (Å²) in [4.78, 5) is 23.2. The molecule has 0 aromatic heterocycles. The SMILES string of the molecule is CCOC(=O)[C@H](CCCCl)NC(=O)OC(C)(C)C. The zero-order valence-corrected chi connectivity index (χ0v) is 12.2. The van der Waals surface area contributed by atoms with Crippen LogP contribution in [0.1, 0.15) is 40.5 Å². The lowest BCUT2D eigenvalue weighted by Crippen LogP contribution is -2.44. The summed E-state index contributed by atoms with van der Waals surface area (Å²) in [5.74, 6) is -0.0419. The predicted octanol–water partition coefficient (Wildman–Crippen LogP) is 2.46. The topological polar surface area (TPSA) is 64.6 Å². The molecule has 0 spiro atoms. The molecular formula is C12H22ClNO4. The van der Waals surface area contributed by atoms with E-state index in [1.54, 1.807) is 27.7 Å². The Hall–Kier alpha value is -0.970. The average molecular weight is 280 g/mol. The van der Waals surface area contributed by atoms with E-state index in [9.17, 15) is 9.59 Å². The Morgan fingerprint density at radius 2 is 1.94 bits per heavy atom. The molecule has 0 saturated carbocycles. The first-order valence-electron chi connectivity index (χ1n) is 6.02. The zero-order chi connectivity index (χ0) is 14.2. The number of carbonyl (C=O) groups excluding carboxylic acids is 2. The lowest BCUT2D eigenvalue weighted by Gasteiger charge is -2.22. The van der Waals surface area contributed by atoms with Gasteiger partial charge in [0.2, 0.25) is 0 Å². The Balaban J connectivity index is 4.39. The normalized spacial score (nSPS) is 12.7. The summed E-state index contributed by atoms with van der Waals surface area (Å²) in [5, 5.41) is 2.50. The van der Waals surface area contributed by atoms with Gasteiger partial charge in [-0.1, -0.05) is 0 Å². The van der Waals surface area contributed by atoms with Crippen LogP contribution in [0.4, 0.5) is 4.79 Å². The van der Waals surface area contributed by atoms with E-state index in [1.165, 1.54) is 0 Å². The highest BCUT2D eigenvalue weighted by atomic mass is 35.5. The second-order valence-corrected chi connectivity index (χ2v) is 5.16. The lowest BCUT2D eigenvalue weighted by atomic mass is 10.1. The fourth-order valence-electron chi connectivity index (χ4n) is 1.22. The zero-order valence-electron chi connectivity index (χ0n) is 11.4. The highest BCUT2D eigenvalue weighted by molar-refractivity contribution is 6.17. The fraction of sp³-hybridized carbons (Fsp3) is 0.833. The van der Waals surface area contributed by atoms with Crippen LogP contribution in [-0.2, 0) is 14.3 Å². The van der Waals surface area contributed by atoms with Crippen LogP contribution in [-0.4, -0.2) is 36.2 Å². The van der Waals surface area contributed by atoms with Crippen molar-refractivity contribution in [2.45, 2.75) is 52.2 Å². The summed E-state index contributed by atoms with van der Waals surface area (Å²) in [5.41, 5.74) is -0.601. The number of halogens is 1. The Morgan fingerprint density at radius 3 is 2.39 bits per heavy atom. The molecule has 5 nitrogen and oxygen atoms in total. The van der Waals surface area contributed by atoms with Crippen molar-refractivity contribution < 1.29 is 19.1 Å². The molecule has 0 unspecified atom stereocenters. The predicted molar refractivity (Wildman–Crippen MR) is 69.7 cm³/mol. The number of ether oxygens (including phenoxy) is 2. The monoisotopic (exact) mass is 279 g/mol. The van der Waals surface area contributed by atoms with Crippen molar-refractivity contribution in [3.05, 3.63) is 0 Å². The molecule has 1 amide bonds. The van der Waals surface area contributed by atoms with E-state index < -0.39 is 23.7 Å². The fourth-order valence-corrected chi connectivity index (χ4v) is 1.38. The number of carbonyl (C=O) groups is 2. The second-order valence-electron chi connectivity index (χ2n) is 4.78. The Bertz CT molecular complexity index is 276. The third-order valence-electron chi connectivity index (χ3n) is 1.89. The minimum atomic E-state index is -0.710. The summed E-state index contributed by atoms with van der Waals surface area (Å²) in [6.45, 7) is 7.25. The quantitative estimate of drug-likeness (QED) is 0.599. The highest BCUT2D eigenvalue weighted by Crippen LogP contribution is 2.08. The smallest absolute Gasteiger partial charge is 0.408 e. The molecule has 0 bridgehead atoms. The number of rotatable bonds is 6. The maximum Gasteiger partial charge on any atom is 0.408 e. The molecule has 0 aliphatic carbocycles. The first-order valence-corrected chi connectivity index (χ1v) is 6.55. The summed E-state index contributed by atoms with van der Waals surface area (Å²) in [7, 11) is 0. The first kappa shape index (κ1) is 17.0. The molecule has 0 aliphatic heterocycles. The van der Waals surface area contributed by atoms with E-state index >= 15 is 0 Å². The number of alkyl carbamates (subject to hydrolysis) is 1. The third-order valence-corrected chi connectivity index (χ3v) is 2.16. The number of hydrogen-bond acceptors (Lipinski definition) is 4. The molecule has 106 valence electrons. The molecule has 0 rings (SSSR count). The van der Waals surface area contributed by atoms with Gasteiger partial charge in [0.25, 0.3) is 0 Å². The number of hydrogen-bond donors (Lipinski definition) is 1. The van der Waals surface area contributed by atoms with Crippen molar-refractivity contribution >= 4 is 23.7 Å². The van der Waals surface area contributed by atoms with Gasteiger partial charge in [0.1, 0.15) is 11.6 Å². The molecule has 6 heteroatoms. The van der Waals surface area contributed by atoms with Crippen LogP contribution < -0.4 is 5.32 Å². The molecule has 1 N–H and O–H groups in total. The van der Waals surface area contributed by atoms with Gasteiger partial charge < -0.3 is 14.8 Å². The van der Waals surface area contributed by atoms with Gasteiger partial charge >= 0.3 is 12.1 Å². The van der Waals surface area contributed by atoms with Crippen molar-refractivity contribution in [2.75, 3.05) is 12.5 Å². The van der Waals surface area contributed by atoms with Gasteiger partial charge in [-0.05, 0) is 40.5 Å². The van der Waals surface area contributed by atoms with Crippen molar-refractivity contribution in [3.8, 4) is 0 Å².